The number of aliphatic hydroxyl groups is 1. The maximum absolute atomic E-state index is 14.8. The zero-order valence-corrected chi connectivity index (χ0v) is 15.1. The summed E-state index contributed by atoms with van der Waals surface area (Å²) in [6.45, 7) is -0.552. The molecule has 0 bridgehead atoms. The average molecular weight is 388 g/mol. The number of hydrogen-bond donors (Lipinski definition) is 1. The summed E-state index contributed by atoms with van der Waals surface area (Å²) >= 11 is 0. The minimum Gasteiger partial charge on any atom is -0.459 e. The Kier molecular flexibility index (Phi) is 6.73. The molecule has 148 valence electrons. The van der Waals surface area contributed by atoms with Gasteiger partial charge >= 0.3 is 11.9 Å². The van der Waals surface area contributed by atoms with Crippen molar-refractivity contribution < 1.29 is 33.3 Å². The predicted octanol–water partition coefficient (Wildman–Crippen LogP) is 2.56. The van der Waals surface area contributed by atoms with Crippen LogP contribution < -0.4 is 0 Å². The summed E-state index contributed by atoms with van der Waals surface area (Å²) in [7, 11) is 0. The molecule has 6 nitrogen and oxygen atoms in total. The molecule has 0 aromatic heterocycles. The number of aliphatic hydroxyl groups excluding tert-OH is 1. The van der Waals surface area contributed by atoms with Crippen LogP contribution in [0.25, 0.3) is 0 Å². The third kappa shape index (κ3) is 4.74. The van der Waals surface area contributed by atoms with E-state index in [1.54, 1.807) is 60.7 Å². The zero-order chi connectivity index (χ0) is 19.9. The lowest BCUT2D eigenvalue weighted by Gasteiger charge is -2.20. The number of benzene rings is 2. The van der Waals surface area contributed by atoms with Crippen molar-refractivity contribution in [3.63, 3.8) is 0 Å². The molecule has 0 aliphatic carbocycles. The fourth-order valence-electron chi connectivity index (χ4n) is 3.00. The Morgan fingerprint density at radius 2 is 1.50 bits per heavy atom. The Bertz CT molecular complexity index is 782. The highest BCUT2D eigenvalue weighted by molar-refractivity contribution is 5.90. The van der Waals surface area contributed by atoms with Crippen LogP contribution in [-0.2, 0) is 14.2 Å². The van der Waals surface area contributed by atoms with Crippen molar-refractivity contribution in [1.29, 1.82) is 0 Å². The van der Waals surface area contributed by atoms with E-state index in [2.05, 4.69) is 0 Å². The third-order valence-electron chi connectivity index (χ3n) is 4.44. The first-order valence-electron chi connectivity index (χ1n) is 8.98. The molecular formula is C21H21FO6. The lowest BCUT2D eigenvalue weighted by atomic mass is 10.1. The molecule has 2 unspecified atom stereocenters. The Hall–Kier alpha value is -2.77. The monoisotopic (exact) mass is 388 g/mol. The molecule has 1 saturated heterocycles. The quantitative estimate of drug-likeness (QED) is 0.734. The van der Waals surface area contributed by atoms with Gasteiger partial charge in [0.15, 0.2) is 12.3 Å². The Balaban J connectivity index is 1.67. The van der Waals surface area contributed by atoms with Crippen LogP contribution in [0.5, 0.6) is 0 Å². The van der Waals surface area contributed by atoms with Crippen molar-refractivity contribution in [3.8, 4) is 0 Å². The molecule has 7 heteroatoms. The first-order chi connectivity index (χ1) is 13.6. The second-order valence-corrected chi connectivity index (χ2v) is 6.37. The molecule has 0 amide bonds. The molecule has 0 saturated carbocycles. The molecule has 4 atom stereocenters. The second-order valence-electron chi connectivity index (χ2n) is 6.37. The summed E-state index contributed by atoms with van der Waals surface area (Å²) in [6, 6.07) is 16.5. The second kappa shape index (κ2) is 9.43. The summed E-state index contributed by atoms with van der Waals surface area (Å²) < 4.78 is 30.9. The van der Waals surface area contributed by atoms with Gasteiger partial charge in [-0.05, 0) is 30.7 Å². The number of alkyl halides is 1. The molecular weight excluding hydrogens is 367 g/mol. The number of hydrogen-bond acceptors (Lipinski definition) is 6. The van der Waals surface area contributed by atoms with Gasteiger partial charge in [-0.1, -0.05) is 36.4 Å². The van der Waals surface area contributed by atoms with Crippen molar-refractivity contribution >= 4 is 11.9 Å². The number of carbonyl (C=O) groups excluding carboxylic acids is 2. The maximum atomic E-state index is 14.8. The van der Waals surface area contributed by atoms with E-state index < -0.39 is 36.4 Å². The standard InChI is InChI=1S/C21H21FO6/c22-18-16(11-12-23)27-17(13-26-20(24)14-7-3-1-4-8-14)19(18)28-21(25)15-9-5-2-6-10-15/h1-10,16-19,23H,11-13H2/t16-,17+,18?,19?/m0/s1. The van der Waals surface area contributed by atoms with Crippen LogP contribution in [0.15, 0.2) is 60.7 Å². The SMILES string of the molecule is O=C(OC[C@H]1O[C@@H](CCO)C(F)C1OC(=O)c1ccccc1)c1ccccc1. The van der Waals surface area contributed by atoms with E-state index in [1.807, 2.05) is 0 Å². The molecule has 1 aliphatic heterocycles. The number of esters is 2. The molecule has 1 heterocycles. The zero-order valence-electron chi connectivity index (χ0n) is 15.1. The topological polar surface area (TPSA) is 82.1 Å². The van der Waals surface area contributed by atoms with Crippen LogP contribution >= 0.6 is 0 Å². The molecule has 1 aliphatic rings. The van der Waals surface area contributed by atoms with Gasteiger partial charge in [0.25, 0.3) is 0 Å². The van der Waals surface area contributed by atoms with E-state index in [-0.39, 0.29) is 25.2 Å². The summed E-state index contributed by atoms with van der Waals surface area (Å²) in [5.74, 6) is -1.28. The molecule has 2 aromatic rings. The number of ether oxygens (including phenoxy) is 3. The maximum Gasteiger partial charge on any atom is 0.338 e. The number of rotatable bonds is 7. The summed E-state index contributed by atoms with van der Waals surface area (Å²) in [4.78, 5) is 24.4. The van der Waals surface area contributed by atoms with Crippen molar-refractivity contribution in [2.24, 2.45) is 0 Å². The normalized spacial score (nSPS) is 23.9. The molecule has 0 radical (unpaired) electrons. The molecule has 1 N–H and O–H groups in total. The van der Waals surface area contributed by atoms with Crippen LogP contribution in [0.3, 0.4) is 0 Å². The van der Waals surface area contributed by atoms with E-state index in [9.17, 15) is 14.0 Å². The van der Waals surface area contributed by atoms with Crippen molar-refractivity contribution in [3.05, 3.63) is 71.8 Å². The van der Waals surface area contributed by atoms with Gasteiger partial charge in [-0.15, -0.1) is 0 Å². The fraction of sp³-hybridized carbons (Fsp3) is 0.333. The van der Waals surface area contributed by atoms with Gasteiger partial charge in [0.05, 0.1) is 17.2 Å². The minimum absolute atomic E-state index is 0.0453. The summed E-state index contributed by atoms with van der Waals surface area (Å²) in [5, 5.41) is 9.10. The molecule has 1 fully saturated rings. The Labute approximate surface area is 161 Å². The van der Waals surface area contributed by atoms with Crippen LogP contribution in [0.1, 0.15) is 27.1 Å². The number of halogens is 1. The first-order valence-corrected chi connectivity index (χ1v) is 8.98. The predicted molar refractivity (Wildman–Crippen MR) is 97.6 cm³/mol. The molecule has 3 rings (SSSR count). The first kappa shape index (κ1) is 20.0. The smallest absolute Gasteiger partial charge is 0.338 e. The van der Waals surface area contributed by atoms with E-state index in [4.69, 9.17) is 19.3 Å². The lowest BCUT2D eigenvalue weighted by Crippen LogP contribution is -2.37. The van der Waals surface area contributed by atoms with Gasteiger partial charge in [-0.25, -0.2) is 14.0 Å². The van der Waals surface area contributed by atoms with Crippen molar-refractivity contribution in [2.45, 2.75) is 30.9 Å². The molecule has 0 spiro atoms. The van der Waals surface area contributed by atoms with Crippen molar-refractivity contribution in [1.82, 2.24) is 0 Å². The molecule has 2 aromatic carbocycles. The minimum atomic E-state index is -1.64. The highest BCUT2D eigenvalue weighted by Crippen LogP contribution is 2.29. The highest BCUT2D eigenvalue weighted by Gasteiger charge is 2.47. The van der Waals surface area contributed by atoms with Gasteiger partial charge in [-0.2, -0.15) is 0 Å². The van der Waals surface area contributed by atoms with Gasteiger partial charge in [0.1, 0.15) is 12.7 Å². The van der Waals surface area contributed by atoms with Crippen LogP contribution in [0.2, 0.25) is 0 Å². The van der Waals surface area contributed by atoms with Gasteiger partial charge in [-0.3, -0.25) is 0 Å². The van der Waals surface area contributed by atoms with Gasteiger partial charge in [0.2, 0.25) is 0 Å². The average Bonchev–Trinajstić information content (AvgIpc) is 3.02. The van der Waals surface area contributed by atoms with Gasteiger partial charge in [0, 0.05) is 6.61 Å². The van der Waals surface area contributed by atoms with E-state index in [1.165, 1.54) is 0 Å². The third-order valence-corrected chi connectivity index (χ3v) is 4.44. The molecule has 28 heavy (non-hydrogen) atoms. The summed E-state index contributed by atoms with van der Waals surface area (Å²) in [5.41, 5.74) is 0.627. The fourth-order valence-corrected chi connectivity index (χ4v) is 3.00. The van der Waals surface area contributed by atoms with Gasteiger partial charge < -0.3 is 19.3 Å². The lowest BCUT2D eigenvalue weighted by molar-refractivity contribution is -0.0453. The van der Waals surface area contributed by atoms with Crippen LogP contribution in [-0.4, -0.2) is 54.7 Å². The Morgan fingerprint density at radius 3 is 2.07 bits per heavy atom. The summed E-state index contributed by atoms with van der Waals surface area (Å²) in [6.07, 6.45) is -4.75. The largest absolute Gasteiger partial charge is 0.459 e. The highest BCUT2D eigenvalue weighted by atomic mass is 19.1. The van der Waals surface area contributed by atoms with Crippen LogP contribution in [0, 0.1) is 0 Å². The van der Waals surface area contributed by atoms with E-state index in [0.717, 1.165) is 0 Å². The van der Waals surface area contributed by atoms with E-state index >= 15 is 0 Å². The van der Waals surface area contributed by atoms with E-state index in [0.29, 0.717) is 5.56 Å². The Morgan fingerprint density at radius 1 is 0.929 bits per heavy atom. The number of carbonyl (C=O) groups is 2. The van der Waals surface area contributed by atoms with Crippen molar-refractivity contribution in [2.75, 3.05) is 13.2 Å². The van der Waals surface area contributed by atoms with Crippen LogP contribution in [0.4, 0.5) is 4.39 Å².